The van der Waals surface area contributed by atoms with Crippen molar-refractivity contribution in [3.05, 3.63) is 71.6 Å². The quantitative estimate of drug-likeness (QED) is 0.350. The summed E-state index contributed by atoms with van der Waals surface area (Å²) in [5.74, 6) is 1.62. The number of nitrogens with two attached hydrogens (primary N) is 1. The van der Waals surface area contributed by atoms with Gasteiger partial charge in [0.15, 0.2) is 17.5 Å². The zero-order valence-electron chi connectivity index (χ0n) is 17.5. The second-order valence-corrected chi connectivity index (χ2v) is 6.99. The van der Waals surface area contributed by atoms with Gasteiger partial charge in [0.1, 0.15) is 17.6 Å². The van der Waals surface area contributed by atoms with Crippen LogP contribution in [0.15, 0.2) is 48.7 Å². The number of rotatable bonds is 6. The lowest BCUT2D eigenvalue weighted by atomic mass is 10.1. The lowest BCUT2D eigenvalue weighted by Crippen LogP contribution is -2.22. The zero-order chi connectivity index (χ0) is 22.4. The molecule has 0 saturated carbocycles. The SMILES string of the molecule is CC(N)C=O.CNC(c1ccc(F)cc1)c1nc(Nc2cc(C)[nH]n2)c2cccn2n1. The number of anilines is 2. The third-order valence-electron chi connectivity index (χ3n) is 4.32. The number of hydrogen-bond acceptors (Lipinski definition) is 7. The van der Waals surface area contributed by atoms with Crippen molar-refractivity contribution in [3.8, 4) is 0 Å². The van der Waals surface area contributed by atoms with E-state index in [9.17, 15) is 9.18 Å². The Hall–Kier alpha value is -3.63. The molecule has 9 nitrogen and oxygen atoms in total. The van der Waals surface area contributed by atoms with Crippen LogP contribution in [0.25, 0.3) is 5.52 Å². The first-order valence-electron chi connectivity index (χ1n) is 9.69. The molecule has 4 aromatic rings. The number of carbonyl (C=O) groups is 1. The molecule has 162 valence electrons. The second-order valence-electron chi connectivity index (χ2n) is 6.99. The molecule has 3 aromatic heterocycles. The van der Waals surface area contributed by atoms with Crippen LogP contribution in [0.1, 0.15) is 30.0 Å². The van der Waals surface area contributed by atoms with Crippen molar-refractivity contribution in [1.29, 1.82) is 0 Å². The molecule has 0 saturated heterocycles. The molecule has 4 rings (SSSR count). The topological polar surface area (TPSA) is 126 Å². The monoisotopic (exact) mass is 424 g/mol. The second kappa shape index (κ2) is 9.92. The summed E-state index contributed by atoms with van der Waals surface area (Å²) >= 11 is 0. The van der Waals surface area contributed by atoms with E-state index < -0.39 is 0 Å². The third kappa shape index (κ3) is 5.50. The lowest BCUT2D eigenvalue weighted by Gasteiger charge is -2.17. The average molecular weight is 424 g/mol. The molecule has 0 aliphatic carbocycles. The van der Waals surface area contributed by atoms with Crippen LogP contribution in [-0.4, -0.2) is 44.2 Å². The molecule has 2 atom stereocenters. The van der Waals surface area contributed by atoms with Gasteiger partial charge in [0.25, 0.3) is 0 Å². The minimum Gasteiger partial charge on any atom is -0.322 e. The van der Waals surface area contributed by atoms with Crippen LogP contribution in [0.4, 0.5) is 16.0 Å². The minimum absolute atomic E-state index is 0.274. The molecule has 0 spiro atoms. The first-order valence-corrected chi connectivity index (χ1v) is 9.69. The fraction of sp³-hybridized carbons (Fsp3) is 0.238. The van der Waals surface area contributed by atoms with Gasteiger partial charge in [-0.3, -0.25) is 5.10 Å². The molecule has 3 heterocycles. The summed E-state index contributed by atoms with van der Waals surface area (Å²) in [6.07, 6.45) is 2.55. The van der Waals surface area contributed by atoms with Gasteiger partial charge in [0, 0.05) is 18.0 Å². The van der Waals surface area contributed by atoms with E-state index in [-0.39, 0.29) is 17.9 Å². The predicted octanol–water partition coefficient (Wildman–Crippen LogP) is 2.48. The Labute approximate surface area is 178 Å². The van der Waals surface area contributed by atoms with Gasteiger partial charge in [-0.25, -0.2) is 13.9 Å². The molecule has 0 bridgehead atoms. The van der Waals surface area contributed by atoms with Crippen LogP contribution in [0.2, 0.25) is 0 Å². The Morgan fingerprint density at radius 1 is 1.26 bits per heavy atom. The van der Waals surface area contributed by atoms with E-state index in [0.29, 0.717) is 23.7 Å². The average Bonchev–Trinajstić information content (AvgIpc) is 3.39. The summed E-state index contributed by atoms with van der Waals surface area (Å²) < 4.78 is 15.0. The van der Waals surface area contributed by atoms with Crippen LogP contribution in [-0.2, 0) is 4.79 Å². The van der Waals surface area contributed by atoms with E-state index in [2.05, 4.69) is 25.9 Å². The smallest absolute Gasteiger partial charge is 0.173 e. The van der Waals surface area contributed by atoms with Gasteiger partial charge in [-0.05, 0) is 50.7 Å². The zero-order valence-corrected chi connectivity index (χ0v) is 17.5. The molecular formula is C21H25FN8O. The molecule has 2 unspecified atom stereocenters. The first kappa shape index (κ1) is 22.1. The maximum Gasteiger partial charge on any atom is 0.173 e. The maximum atomic E-state index is 13.3. The number of H-pyrrole nitrogens is 1. The van der Waals surface area contributed by atoms with Crippen molar-refractivity contribution in [2.24, 2.45) is 5.73 Å². The minimum atomic E-state index is -0.296. The highest BCUT2D eigenvalue weighted by molar-refractivity contribution is 5.72. The van der Waals surface area contributed by atoms with Crippen LogP contribution < -0.4 is 16.4 Å². The highest BCUT2D eigenvalue weighted by Gasteiger charge is 2.18. The Bertz CT molecular complexity index is 1140. The van der Waals surface area contributed by atoms with E-state index in [1.807, 2.05) is 38.4 Å². The van der Waals surface area contributed by atoms with E-state index in [4.69, 9.17) is 10.7 Å². The lowest BCUT2D eigenvalue weighted by molar-refractivity contribution is -0.108. The Kier molecular flexibility index (Phi) is 7.06. The predicted molar refractivity (Wildman–Crippen MR) is 117 cm³/mol. The Morgan fingerprint density at radius 3 is 2.55 bits per heavy atom. The number of aldehydes is 1. The number of nitrogens with one attached hydrogen (secondary N) is 3. The number of fused-ring (bicyclic) bond motifs is 1. The molecule has 0 aliphatic rings. The number of aromatic amines is 1. The van der Waals surface area contributed by atoms with Crippen molar-refractivity contribution >= 4 is 23.4 Å². The molecule has 10 heteroatoms. The number of aryl methyl sites for hydroxylation is 1. The third-order valence-corrected chi connectivity index (χ3v) is 4.32. The number of hydrogen-bond donors (Lipinski definition) is 4. The summed E-state index contributed by atoms with van der Waals surface area (Å²) in [6.45, 7) is 3.56. The maximum absolute atomic E-state index is 13.3. The largest absolute Gasteiger partial charge is 0.322 e. The van der Waals surface area contributed by atoms with Crippen molar-refractivity contribution < 1.29 is 9.18 Å². The molecule has 0 radical (unpaired) electrons. The summed E-state index contributed by atoms with van der Waals surface area (Å²) in [5.41, 5.74) is 7.59. The fourth-order valence-electron chi connectivity index (χ4n) is 2.87. The van der Waals surface area contributed by atoms with Gasteiger partial charge in [-0.1, -0.05) is 12.1 Å². The van der Waals surface area contributed by atoms with E-state index in [0.717, 1.165) is 16.8 Å². The Morgan fingerprint density at radius 2 is 1.97 bits per heavy atom. The summed E-state index contributed by atoms with van der Waals surface area (Å²) in [5, 5.41) is 18.1. The first-order chi connectivity index (χ1) is 14.9. The van der Waals surface area contributed by atoms with Gasteiger partial charge in [0.2, 0.25) is 0 Å². The van der Waals surface area contributed by atoms with Gasteiger partial charge < -0.3 is 21.2 Å². The number of nitrogens with zero attached hydrogens (tertiary/aromatic N) is 4. The van der Waals surface area contributed by atoms with Gasteiger partial charge in [-0.15, -0.1) is 0 Å². The summed E-state index contributed by atoms with van der Waals surface area (Å²) in [4.78, 5) is 14.1. The standard InChI is InChI=1S/C18H18FN7.C3H7NO/c1-11-10-15(24-23-11)21-17-14-4-3-9-26(14)25-18(22-17)16(20-2)12-5-7-13(19)8-6-12;1-3(4)2-5/h3-10,16,20H,1-2H3,(H2,21,22,23,24,25);2-3H,4H2,1H3. The number of benzene rings is 1. The van der Waals surface area contributed by atoms with Crippen LogP contribution in [0.3, 0.4) is 0 Å². The fourth-order valence-corrected chi connectivity index (χ4v) is 2.87. The summed E-state index contributed by atoms with van der Waals surface area (Å²) in [7, 11) is 1.82. The number of carbonyl (C=O) groups excluding carboxylic acids is 1. The molecule has 0 amide bonds. The molecule has 1 aromatic carbocycles. The van der Waals surface area contributed by atoms with E-state index >= 15 is 0 Å². The number of aromatic nitrogens is 5. The van der Waals surface area contributed by atoms with E-state index in [1.165, 1.54) is 12.1 Å². The van der Waals surface area contributed by atoms with Crippen LogP contribution >= 0.6 is 0 Å². The Balaban J connectivity index is 0.000000491. The van der Waals surface area contributed by atoms with Gasteiger partial charge in [-0.2, -0.15) is 10.2 Å². The summed E-state index contributed by atoms with van der Waals surface area (Å²) in [6, 6.07) is 11.5. The highest BCUT2D eigenvalue weighted by atomic mass is 19.1. The van der Waals surface area contributed by atoms with Crippen LogP contribution in [0.5, 0.6) is 0 Å². The molecule has 0 fully saturated rings. The van der Waals surface area contributed by atoms with Gasteiger partial charge in [0.05, 0.1) is 12.1 Å². The van der Waals surface area contributed by atoms with Crippen molar-refractivity contribution in [2.75, 3.05) is 12.4 Å². The van der Waals surface area contributed by atoms with Crippen LogP contribution in [0, 0.1) is 12.7 Å². The normalized spacial score (nSPS) is 12.7. The molecule has 0 aliphatic heterocycles. The van der Waals surface area contributed by atoms with Crippen molar-refractivity contribution in [1.82, 2.24) is 30.1 Å². The molecule has 5 N–H and O–H groups in total. The highest BCUT2D eigenvalue weighted by Crippen LogP contribution is 2.24. The molecule has 31 heavy (non-hydrogen) atoms. The van der Waals surface area contributed by atoms with Crippen molar-refractivity contribution in [3.63, 3.8) is 0 Å². The number of halogens is 1. The molecular weight excluding hydrogens is 399 g/mol. The van der Waals surface area contributed by atoms with Gasteiger partial charge >= 0.3 is 0 Å². The van der Waals surface area contributed by atoms with E-state index in [1.54, 1.807) is 23.6 Å². The van der Waals surface area contributed by atoms with Crippen molar-refractivity contribution in [2.45, 2.75) is 25.9 Å².